The molecule has 0 radical (unpaired) electrons. The van der Waals surface area contributed by atoms with Crippen molar-refractivity contribution in [3.8, 4) is 22.8 Å². The zero-order chi connectivity index (χ0) is 16.5. The second kappa shape index (κ2) is 5.88. The van der Waals surface area contributed by atoms with Gasteiger partial charge in [-0.05, 0) is 37.1 Å². The Morgan fingerprint density at radius 2 is 1.92 bits per heavy atom. The zero-order valence-electron chi connectivity index (χ0n) is 13.2. The molecule has 1 aliphatic rings. The highest BCUT2D eigenvalue weighted by atomic mass is 16.5. The van der Waals surface area contributed by atoms with Crippen LogP contribution in [-0.2, 0) is 4.79 Å². The van der Waals surface area contributed by atoms with Gasteiger partial charge in [-0.1, -0.05) is 17.3 Å². The van der Waals surface area contributed by atoms with E-state index in [1.807, 2.05) is 36.4 Å². The first kappa shape index (κ1) is 14.6. The van der Waals surface area contributed by atoms with E-state index in [0.29, 0.717) is 11.7 Å². The lowest BCUT2D eigenvalue weighted by atomic mass is 10.1. The molecule has 0 spiro atoms. The number of hydrogen-bond acceptors (Lipinski definition) is 5. The smallest absolute Gasteiger partial charge is 0.260 e. The first-order valence-corrected chi connectivity index (χ1v) is 7.85. The first-order chi connectivity index (χ1) is 11.7. The Morgan fingerprint density at radius 3 is 2.67 bits per heavy atom. The molecule has 0 N–H and O–H groups in total. The number of rotatable bonds is 4. The van der Waals surface area contributed by atoms with E-state index in [1.54, 1.807) is 24.3 Å². The van der Waals surface area contributed by atoms with E-state index in [4.69, 9.17) is 4.52 Å². The second-order valence-corrected chi connectivity index (χ2v) is 5.85. The largest absolute Gasteiger partial charge is 0.334 e. The predicted molar refractivity (Wildman–Crippen MR) is 89.1 cm³/mol. The van der Waals surface area contributed by atoms with Crippen molar-refractivity contribution in [3.63, 3.8) is 0 Å². The molecule has 0 aliphatic heterocycles. The third-order valence-electron chi connectivity index (χ3n) is 4.12. The molecule has 3 aromatic rings. The molecular formula is C18H16N4O2. The van der Waals surface area contributed by atoms with Gasteiger partial charge in [0.25, 0.3) is 5.89 Å². The maximum absolute atomic E-state index is 12.4. The van der Waals surface area contributed by atoms with E-state index >= 15 is 0 Å². The zero-order valence-corrected chi connectivity index (χ0v) is 13.2. The first-order valence-electron chi connectivity index (χ1n) is 7.85. The summed E-state index contributed by atoms with van der Waals surface area (Å²) >= 11 is 0. The van der Waals surface area contributed by atoms with Gasteiger partial charge < -0.3 is 9.42 Å². The van der Waals surface area contributed by atoms with Crippen LogP contribution in [0.1, 0.15) is 12.8 Å². The van der Waals surface area contributed by atoms with Crippen LogP contribution >= 0.6 is 0 Å². The van der Waals surface area contributed by atoms with Crippen LogP contribution < -0.4 is 4.90 Å². The fraction of sp³-hybridized carbons (Fsp3) is 0.222. The summed E-state index contributed by atoms with van der Waals surface area (Å²) < 4.78 is 5.43. The van der Waals surface area contributed by atoms with Gasteiger partial charge >= 0.3 is 0 Å². The monoisotopic (exact) mass is 320 g/mol. The minimum absolute atomic E-state index is 0.135. The highest BCUT2D eigenvalue weighted by molar-refractivity contribution is 5.99. The van der Waals surface area contributed by atoms with Gasteiger partial charge in [0, 0.05) is 30.9 Å². The molecule has 1 aliphatic carbocycles. The fourth-order valence-electron chi connectivity index (χ4n) is 2.62. The maximum Gasteiger partial charge on any atom is 0.260 e. The number of carbonyl (C=O) groups is 1. The van der Waals surface area contributed by atoms with E-state index < -0.39 is 0 Å². The predicted octanol–water partition coefficient (Wildman–Crippen LogP) is 3.17. The lowest BCUT2D eigenvalue weighted by molar-refractivity contribution is -0.119. The van der Waals surface area contributed by atoms with Crippen molar-refractivity contribution >= 4 is 11.6 Å². The molecule has 6 heteroatoms. The Kier molecular flexibility index (Phi) is 3.57. The van der Waals surface area contributed by atoms with E-state index in [1.165, 1.54) is 0 Å². The second-order valence-electron chi connectivity index (χ2n) is 5.85. The quantitative estimate of drug-likeness (QED) is 0.738. The summed E-state index contributed by atoms with van der Waals surface area (Å²) in [5.74, 6) is 1.18. The number of aromatic nitrogens is 3. The lowest BCUT2D eigenvalue weighted by Gasteiger charge is -2.19. The van der Waals surface area contributed by atoms with Crippen molar-refractivity contribution in [2.24, 2.45) is 5.92 Å². The number of para-hydroxylation sites is 1. The molecule has 24 heavy (non-hydrogen) atoms. The minimum Gasteiger partial charge on any atom is -0.334 e. The number of anilines is 1. The molecule has 1 fully saturated rings. The Balaban J connectivity index is 1.70. The van der Waals surface area contributed by atoms with Crippen LogP contribution in [0.2, 0.25) is 0 Å². The molecule has 6 nitrogen and oxygen atoms in total. The molecular weight excluding hydrogens is 304 g/mol. The van der Waals surface area contributed by atoms with Gasteiger partial charge in [-0.25, -0.2) is 0 Å². The van der Waals surface area contributed by atoms with Gasteiger partial charge in [0.2, 0.25) is 11.7 Å². The number of benzene rings is 1. The summed E-state index contributed by atoms with van der Waals surface area (Å²) in [4.78, 5) is 22.5. The number of hydrogen-bond donors (Lipinski definition) is 0. The summed E-state index contributed by atoms with van der Waals surface area (Å²) in [6.07, 6.45) is 5.30. The Hall–Kier alpha value is -3.02. The molecule has 0 atom stereocenters. The number of nitrogens with zero attached hydrogens (tertiary/aromatic N) is 4. The highest BCUT2D eigenvalue weighted by Crippen LogP contribution is 2.35. The van der Waals surface area contributed by atoms with Crippen LogP contribution in [0.4, 0.5) is 5.69 Å². The van der Waals surface area contributed by atoms with E-state index in [-0.39, 0.29) is 11.8 Å². The van der Waals surface area contributed by atoms with E-state index in [2.05, 4.69) is 15.1 Å². The summed E-state index contributed by atoms with van der Waals surface area (Å²) in [7, 11) is 1.79. The van der Waals surface area contributed by atoms with Crippen LogP contribution in [0.25, 0.3) is 22.8 Å². The van der Waals surface area contributed by atoms with Crippen molar-refractivity contribution in [1.82, 2.24) is 15.1 Å². The van der Waals surface area contributed by atoms with Gasteiger partial charge in [0.1, 0.15) is 0 Å². The standard InChI is InChI=1S/C18H16N4O2/c1-22(18(23)13-6-7-13)15-5-3-2-4-14(15)17-20-16(21-24-17)12-8-10-19-11-9-12/h2-5,8-11,13H,6-7H2,1H3. The molecule has 0 saturated heterocycles. The molecule has 4 rings (SSSR count). The van der Waals surface area contributed by atoms with Gasteiger partial charge in [-0.2, -0.15) is 4.98 Å². The van der Waals surface area contributed by atoms with Gasteiger partial charge in [-0.15, -0.1) is 0 Å². The maximum atomic E-state index is 12.4. The molecule has 2 aromatic heterocycles. The SMILES string of the molecule is CN(C(=O)C1CC1)c1ccccc1-c1nc(-c2ccncc2)no1. The Bertz CT molecular complexity index is 871. The molecule has 1 amide bonds. The summed E-state index contributed by atoms with van der Waals surface area (Å²) in [6, 6.07) is 11.2. The van der Waals surface area contributed by atoms with Gasteiger partial charge in [0.05, 0.1) is 11.3 Å². The summed E-state index contributed by atoms with van der Waals surface area (Å²) in [6.45, 7) is 0. The van der Waals surface area contributed by atoms with Crippen molar-refractivity contribution in [1.29, 1.82) is 0 Å². The van der Waals surface area contributed by atoms with Crippen LogP contribution in [0.3, 0.4) is 0 Å². The third-order valence-corrected chi connectivity index (χ3v) is 4.12. The Morgan fingerprint density at radius 1 is 1.17 bits per heavy atom. The minimum atomic E-state index is 0.135. The Labute approximate surface area is 139 Å². The number of carbonyl (C=O) groups excluding carboxylic acids is 1. The normalized spacial score (nSPS) is 13.7. The van der Waals surface area contributed by atoms with Gasteiger partial charge in [0.15, 0.2) is 0 Å². The van der Waals surface area contributed by atoms with Crippen LogP contribution in [0.5, 0.6) is 0 Å². The van der Waals surface area contributed by atoms with Crippen LogP contribution in [0.15, 0.2) is 53.3 Å². The summed E-state index contributed by atoms with van der Waals surface area (Å²) in [5, 5.41) is 4.04. The van der Waals surface area contributed by atoms with Crippen molar-refractivity contribution in [3.05, 3.63) is 48.8 Å². The molecule has 1 aromatic carbocycles. The molecule has 120 valence electrons. The molecule has 0 bridgehead atoms. The lowest BCUT2D eigenvalue weighted by Crippen LogP contribution is -2.28. The average molecular weight is 320 g/mol. The molecule has 1 saturated carbocycles. The van der Waals surface area contributed by atoms with Crippen LogP contribution in [-0.4, -0.2) is 28.1 Å². The number of pyridine rings is 1. The molecule has 2 heterocycles. The van der Waals surface area contributed by atoms with Crippen molar-refractivity contribution in [2.45, 2.75) is 12.8 Å². The van der Waals surface area contributed by atoms with Crippen molar-refractivity contribution < 1.29 is 9.32 Å². The number of amides is 1. The molecule has 0 unspecified atom stereocenters. The topological polar surface area (TPSA) is 72.1 Å². The van der Waals surface area contributed by atoms with E-state index in [9.17, 15) is 4.79 Å². The van der Waals surface area contributed by atoms with Crippen molar-refractivity contribution in [2.75, 3.05) is 11.9 Å². The van der Waals surface area contributed by atoms with Gasteiger partial charge in [-0.3, -0.25) is 9.78 Å². The third kappa shape index (κ3) is 2.67. The van der Waals surface area contributed by atoms with Crippen LogP contribution in [0, 0.1) is 5.92 Å². The highest BCUT2D eigenvalue weighted by Gasteiger charge is 2.33. The average Bonchev–Trinajstić information content (AvgIpc) is 3.38. The fourth-order valence-corrected chi connectivity index (χ4v) is 2.62. The summed E-state index contributed by atoms with van der Waals surface area (Å²) in [5.41, 5.74) is 2.36. The van der Waals surface area contributed by atoms with E-state index in [0.717, 1.165) is 29.7 Å².